The third-order valence-electron chi connectivity index (χ3n) is 5.59. The summed E-state index contributed by atoms with van der Waals surface area (Å²) < 4.78 is 0. The molecular formula is C21H29N3O. The molecule has 4 nitrogen and oxygen atoms in total. The van der Waals surface area contributed by atoms with Gasteiger partial charge in [0, 0.05) is 44.0 Å². The number of anilines is 1. The molecule has 0 aromatic heterocycles. The Hall–Kier alpha value is -2.07. The fraction of sp³-hybridized carbons (Fsp3) is 0.476. The first kappa shape index (κ1) is 17.7. The van der Waals surface area contributed by atoms with Crippen molar-refractivity contribution in [1.29, 1.82) is 0 Å². The van der Waals surface area contributed by atoms with E-state index >= 15 is 0 Å². The second-order valence-corrected chi connectivity index (χ2v) is 6.98. The van der Waals surface area contributed by atoms with Gasteiger partial charge in [0.05, 0.1) is 5.92 Å². The van der Waals surface area contributed by atoms with Crippen molar-refractivity contribution in [3.05, 3.63) is 42.0 Å². The molecule has 134 valence electrons. The molecule has 25 heavy (non-hydrogen) atoms. The van der Waals surface area contributed by atoms with Crippen molar-refractivity contribution in [3.8, 4) is 0 Å². The van der Waals surface area contributed by atoms with Gasteiger partial charge in [-0.2, -0.15) is 0 Å². The van der Waals surface area contributed by atoms with Crippen LogP contribution in [0.5, 0.6) is 0 Å². The van der Waals surface area contributed by atoms with Gasteiger partial charge in [0.25, 0.3) is 0 Å². The lowest BCUT2D eigenvalue weighted by Crippen LogP contribution is -2.47. The van der Waals surface area contributed by atoms with Gasteiger partial charge < -0.3 is 10.2 Å². The third-order valence-corrected chi connectivity index (χ3v) is 5.59. The van der Waals surface area contributed by atoms with Gasteiger partial charge in [-0.1, -0.05) is 24.8 Å². The molecule has 2 atom stereocenters. The van der Waals surface area contributed by atoms with Gasteiger partial charge in [0.1, 0.15) is 0 Å². The minimum Gasteiger partial charge on any atom is -0.388 e. The first-order chi connectivity index (χ1) is 12.0. The monoisotopic (exact) mass is 339 g/mol. The van der Waals surface area contributed by atoms with Crippen LogP contribution in [-0.2, 0) is 4.79 Å². The van der Waals surface area contributed by atoms with Crippen LogP contribution in [0.2, 0.25) is 0 Å². The Morgan fingerprint density at radius 2 is 2.08 bits per heavy atom. The largest absolute Gasteiger partial charge is 0.388 e. The van der Waals surface area contributed by atoms with Crippen molar-refractivity contribution in [2.45, 2.75) is 26.3 Å². The number of amides is 1. The van der Waals surface area contributed by atoms with Crippen LogP contribution in [0.1, 0.15) is 31.4 Å². The second kappa shape index (κ2) is 7.04. The SMILES string of the molecule is C=C1CC2C(=CC(C(=O)N(CC)CC)CN2C)c2cccc(NC)c21. The van der Waals surface area contributed by atoms with Crippen LogP contribution in [0.4, 0.5) is 5.69 Å². The lowest BCUT2D eigenvalue weighted by atomic mass is 9.76. The van der Waals surface area contributed by atoms with E-state index in [9.17, 15) is 4.79 Å². The molecule has 0 bridgehead atoms. The first-order valence-corrected chi connectivity index (χ1v) is 9.21. The van der Waals surface area contributed by atoms with Crippen LogP contribution in [0, 0.1) is 5.92 Å². The van der Waals surface area contributed by atoms with Crippen molar-refractivity contribution in [2.24, 2.45) is 5.92 Å². The highest BCUT2D eigenvalue weighted by atomic mass is 16.2. The van der Waals surface area contributed by atoms with E-state index in [-0.39, 0.29) is 11.8 Å². The molecule has 4 heteroatoms. The van der Waals surface area contributed by atoms with E-state index in [0.29, 0.717) is 6.04 Å². The molecule has 1 aliphatic carbocycles. The van der Waals surface area contributed by atoms with Crippen LogP contribution >= 0.6 is 0 Å². The van der Waals surface area contributed by atoms with Gasteiger partial charge in [-0.05, 0) is 50.1 Å². The van der Waals surface area contributed by atoms with Crippen molar-refractivity contribution in [3.63, 3.8) is 0 Å². The molecule has 1 heterocycles. The maximum Gasteiger partial charge on any atom is 0.230 e. The number of carbonyl (C=O) groups is 1. The Balaban J connectivity index is 2.07. The molecule has 0 saturated carbocycles. The molecule has 1 N–H and O–H groups in total. The molecule has 1 amide bonds. The summed E-state index contributed by atoms with van der Waals surface area (Å²) in [5.74, 6) is 0.159. The average molecular weight is 339 g/mol. The Kier molecular flexibility index (Phi) is 5.00. The van der Waals surface area contributed by atoms with E-state index in [4.69, 9.17) is 0 Å². The van der Waals surface area contributed by atoms with Crippen molar-refractivity contribution in [2.75, 3.05) is 39.0 Å². The zero-order valence-electron chi connectivity index (χ0n) is 15.8. The number of carbonyl (C=O) groups excluding carboxylic acids is 1. The number of nitrogens with one attached hydrogen (secondary N) is 1. The molecule has 1 aliphatic heterocycles. The van der Waals surface area contributed by atoms with Gasteiger partial charge in [0.2, 0.25) is 5.91 Å². The fourth-order valence-corrected chi connectivity index (χ4v) is 4.23. The Morgan fingerprint density at radius 3 is 2.72 bits per heavy atom. The standard InChI is InChI=1S/C21H29N3O/c1-6-24(7-2)21(25)15-12-17-16-9-8-10-18(22-4)20(16)14(3)11-19(17)23(5)13-15/h8-10,12,15,19,22H,3,6-7,11,13H2,1-2,4-5H3. The molecule has 2 unspecified atom stereocenters. The van der Waals surface area contributed by atoms with E-state index in [2.05, 4.69) is 48.1 Å². The summed E-state index contributed by atoms with van der Waals surface area (Å²) in [6.45, 7) is 10.7. The minimum atomic E-state index is -0.0754. The summed E-state index contributed by atoms with van der Waals surface area (Å²) in [7, 11) is 4.07. The highest BCUT2D eigenvalue weighted by Crippen LogP contribution is 2.44. The van der Waals surface area contributed by atoms with Crippen molar-refractivity contribution >= 4 is 22.7 Å². The molecule has 0 saturated heterocycles. The van der Waals surface area contributed by atoms with E-state index < -0.39 is 0 Å². The van der Waals surface area contributed by atoms with Crippen molar-refractivity contribution < 1.29 is 4.79 Å². The molecule has 1 aromatic rings. The maximum absolute atomic E-state index is 12.9. The summed E-state index contributed by atoms with van der Waals surface area (Å²) in [6.07, 6.45) is 3.14. The van der Waals surface area contributed by atoms with Gasteiger partial charge in [-0.15, -0.1) is 0 Å². The molecule has 0 fully saturated rings. The molecule has 1 aromatic carbocycles. The summed E-state index contributed by atoms with van der Waals surface area (Å²) in [5, 5.41) is 3.29. The first-order valence-electron chi connectivity index (χ1n) is 9.21. The minimum absolute atomic E-state index is 0.0754. The lowest BCUT2D eigenvalue weighted by molar-refractivity contribution is -0.134. The smallest absolute Gasteiger partial charge is 0.230 e. The van der Waals surface area contributed by atoms with Gasteiger partial charge in [0.15, 0.2) is 0 Å². The predicted molar refractivity (Wildman–Crippen MR) is 105 cm³/mol. The Morgan fingerprint density at radius 1 is 1.36 bits per heavy atom. The van der Waals surface area contributed by atoms with E-state index in [0.717, 1.165) is 31.7 Å². The highest BCUT2D eigenvalue weighted by molar-refractivity contribution is 5.94. The predicted octanol–water partition coefficient (Wildman–Crippen LogP) is 3.33. The van der Waals surface area contributed by atoms with Crippen LogP contribution in [0.25, 0.3) is 11.1 Å². The number of likely N-dealkylation sites (N-methyl/N-ethyl adjacent to an activating group) is 1. The Labute approximate surface area is 151 Å². The normalized spacial score (nSPS) is 22.7. The van der Waals surface area contributed by atoms with Gasteiger partial charge in [-0.25, -0.2) is 0 Å². The molecule has 3 rings (SSSR count). The average Bonchev–Trinajstić information content (AvgIpc) is 2.62. The highest BCUT2D eigenvalue weighted by Gasteiger charge is 2.37. The summed E-state index contributed by atoms with van der Waals surface area (Å²) in [6, 6.07) is 6.65. The number of hydrogen-bond acceptors (Lipinski definition) is 3. The van der Waals surface area contributed by atoms with Crippen LogP contribution in [0.15, 0.2) is 30.9 Å². The topological polar surface area (TPSA) is 35.6 Å². The maximum atomic E-state index is 12.9. The van der Waals surface area contributed by atoms with Crippen LogP contribution < -0.4 is 5.32 Å². The third kappa shape index (κ3) is 2.99. The number of rotatable bonds is 4. The number of nitrogens with zero attached hydrogens (tertiary/aromatic N) is 2. The van der Waals surface area contributed by atoms with E-state index in [1.165, 1.54) is 22.3 Å². The van der Waals surface area contributed by atoms with Gasteiger partial charge in [-0.3, -0.25) is 9.69 Å². The van der Waals surface area contributed by atoms with Crippen molar-refractivity contribution in [1.82, 2.24) is 9.80 Å². The summed E-state index contributed by atoms with van der Waals surface area (Å²) in [5.41, 5.74) is 5.98. The zero-order chi connectivity index (χ0) is 18.1. The fourth-order valence-electron chi connectivity index (χ4n) is 4.23. The number of benzene rings is 1. The van der Waals surface area contributed by atoms with Gasteiger partial charge >= 0.3 is 0 Å². The van der Waals surface area contributed by atoms with Crippen LogP contribution in [0.3, 0.4) is 0 Å². The second-order valence-electron chi connectivity index (χ2n) is 6.98. The lowest BCUT2D eigenvalue weighted by Gasteiger charge is -2.42. The van der Waals surface area contributed by atoms with E-state index in [1.807, 2.05) is 25.8 Å². The summed E-state index contributed by atoms with van der Waals surface area (Å²) in [4.78, 5) is 17.2. The molecular weight excluding hydrogens is 310 g/mol. The molecule has 0 radical (unpaired) electrons. The molecule has 0 spiro atoms. The Bertz CT molecular complexity index is 718. The van der Waals surface area contributed by atoms with E-state index in [1.54, 1.807) is 0 Å². The van der Waals surface area contributed by atoms with Crippen LogP contribution in [-0.4, -0.2) is 55.5 Å². The quantitative estimate of drug-likeness (QED) is 0.914. The number of fused-ring (bicyclic) bond motifs is 3. The number of hydrogen-bond donors (Lipinski definition) is 1. The summed E-state index contributed by atoms with van der Waals surface area (Å²) >= 11 is 0. The zero-order valence-corrected chi connectivity index (χ0v) is 15.8. The molecule has 2 aliphatic rings.